The van der Waals surface area contributed by atoms with Gasteiger partial charge in [0.1, 0.15) is 0 Å². The minimum atomic E-state index is -0.962. The lowest BCUT2D eigenvalue weighted by Gasteiger charge is -2.37. The molecule has 0 bridgehead atoms. The highest BCUT2D eigenvalue weighted by atomic mass is 16.7. The lowest BCUT2D eigenvalue weighted by molar-refractivity contribution is -0.0893. The van der Waals surface area contributed by atoms with Gasteiger partial charge in [0.15, 0.2) is 0 Å². The van der Waals surface area contributed by atoms with Crippen molar-refractivity contribution in [2.45, 2.75) is 156 Å². The van der Waals surface area contributed by atoms with Crippen molar-refractivity contribution < 1.29 is 19.1 Å². The van der Waals surface area contributed by atoms with Crippen LogP contribution < -0.4 is 10.9 Å². The molecular formula is C30H53B2O4. The van der Waals surface area contributed by atoms with Crippen molar-refractivity contribution >= 4 is 25.5 Å². The number of benzene rings is 1. The van der Waals surface area contributed by atoms with Crippen LogP contribution in [0, 0.1) is 0 Å². The van der Waals surface area contributed by atoms with Crippen LogP contribution in [0.3, 0.4) is 0 Å². The minimum absolute atomic E-state index is 0.367. The molecule has 0 amide bonds. The summed E-state index contributed by atoms with van der Waals surface area (Å²) in [5.74, 6) is 0. The Labute approximate surface area is 223 Å². The molecule has 1 heterocycles. The van der Waals surface area contributed by atoms with Crippen LogP contribution in [-0.4, -0.2) is 42.1 Å². The molecule has 6 heteroatoms. The van der Waals surface area contributed by atoms with Crippen LogP contribution in [-0.2, 0) is 26.8 Å². The second-order valence-corrected chi connectivity index (χ2v) is 12.8. The number of hydrogen-bond donors (Lipinski definition) is 1. The third-order valence-corrected chi connectivity index (χ3v) is 8.46. The number of aryl methyl sites for hydroxylation is 2. The second-order valence-electron chi connectivity index (χ2n) is 12.8. The Balaban J connectivity index is 2.44. The third-order valence-electron chi connectivity index (χ3n) is 8.46. The summed E-state index contributed by atoms with van der Waals surface area (Å²) < 4.78 is 19.3. The summed E-state index contributed by atoms with van der Waals surface area (Å²) in [5, 5.41) is 10.6. The number of rotatable bonds is 15. The molecule has 0 unspecified atom stereocenters. The zero-order chi connectivity index (χ0) is 27.2. The van der Waals surface area contributed by atoms with Crippen LogP contribution in [0.5, 0.6) is 0 Å². The lowest BCUT2D eigenvalue weighted by atomic mass is 9.69. The van der Waals surface area contributed by atoms with E-state index in [1.165, 1.54) is 49.7 Å². The predicted octanol–water partition coefficient (Wildman–Crippen LogP) is 6.04. The lowest BCUT2D eigenvalue weighted by Crippen LogP contribution is -2.49. The number of unbranched alkanes of at least 4 members (excludes halogenated alkanes) is 6. The molecule has 1 N–H and O–H groups in total. The Hall–Kier alpha value is -0.810. The summed E-state index contributed by atoms with van der Waals surface area (Å²) in [4.78, 5) is 0. The van der Waals surface area contributed by atoms with Crippen LogP contribution >= 0.6 is 0 Å². The monoisotopic (exact) mass is 499 g/mol. The molecule has 0 spiro atoms. The van der Waals surface area contributed by atoms with Crippen molar-refractivity contribution in [2.24, 2.45) is 0 Å². The maximum atomic E-state index is 10.6. The molecule has 1 aromatic rings. The van der Waals surface area contributed by atoms with Crippen molar-refractivity contribution in [3.05, 3.63) is 23.3 Å². The first-order valence-corrected chi connectivity index (χ1v) is 14.4. The fraction of sp³-hybridized carbons (Fsp3) is 0.800. The predicted molar refractivity (Wildman–Crippen MR) is 155 cm³/mol. The molecule has 0 atom stereocenters. The standard InChI is InChI=1S/C30H53B2O4/c1-11-13-15-17-19-23-22-26(32-35-29(7,8)30(9,10)36-32)24(20-18-16-14-12-2)21-25(23)31-34-28(5,6)27(3,4)33/h21-22,33H,11-20H2,1-10H3. The smallest absolute Gasteiger partial charge is 0.427 e. The molecule has 1 fully saturated rings. The minimum Gasteiger partial charge on any atom is -0.427 e. The van der Waals surface area contributed by atoms with Crippen LogP contribution in [0.2, 0.25) is 0 Å². The molecule has 1 radical (unpaired) electrons. The first kappa shape index (κ1) is 31.4. The van der Waals surface area contributed by atoms with Gasteiger partial charge in [0.2, 0.25) is 0 Å². The van der Waals surface area contributed by atoms with E-state index in [9.17, 15) is 5.11 Å². The highest BCUT2D eigenvalue weighted by Gasteiger charge is 2.52. The van der Waals surface area contributed by atoms with Gasteiger partial charge in [-0.25, -0.2) is 0 Å². The molecule has 1 saturated heterocycles. The van der Waals surface area contributed by atoms with Gasteiger partial charge in [-0.2, -0.15) is 0 Å². The van der Waals surface area contributed by atoms with E-state index in [0.29, 0.717) is 0 Å². The summed E-state index contributed by atoms with van der Waals surface area (Å²) in [6.45, 7) is 20.4. The summed E-state index contributed by atoms with van der Waals surface area (Å²) in [6, 6.07) is 4.61. The van der Waals surface area contributed by atoms with E-state index in [-0.39, 0.29) is 18.3 Å². The molecule has 1 aliphatic heterocycles. The van der Waals surface area contributed by atoms with Crippen LogP contribution in [0.25, 0.3) is 0 Å². The molecular weight excluding hydrogens is 446 g/mol. The van der Waals surface area contributed by atoms with Crippen molar-refractivity contribution in [3.8, 4) is 0 Å². The average Bonchev–Trinajstić information content (AvgIpc) is 2.99. The Morgan fingerprint density at radius 1 is 0.806 bits per heavy atom. The Morgan fingerprint density at radius 2 is 1.31 bits per heavy atom. The second kappa shape index (κ2) is 12.8. The Morgan fingerprint density at radius 3 is 1.78 bits per heavy atom. The third kappa shape index (κ3) is 8.09. The molecule has 4 nitrogen and oxygen atoms in total. The van der Waals surface area contributed by atoms with Crippen LogP contribution in [0.4, 0.5) is 0 Å². The summed E-state index contributed by atoms with van der Waals surface area (Å²) in [6.07, 6.45) is 11.7. The highest BCUT2D eigenvalue weighted by Crippen LogP contribution is 2.37. The van der Waals surface area contributed by atoms with E-state index in [1.807, 2.05) is 21.3 Å². The van der Waals surface area contributed by atoms with Gasteiger partial charge in [-0.3, -0.25) is 0 Å². The molecule has 36 heavy (non-hydrogen) atoms. The van der Waals surface area contributed by atoms with Gasteiger partial charge < -0.3 is 19.1 Å². The Kier molecular flexibility index (Phi) is 11.2. The van der Waals surface area contributed by atoms with Crippen molar-refractivity contribution in [3.63, 3.8) is 0 Å². The van der Waals surface area contributed by atoms with Crippen LogP contribution in [0.15, 0.2) is 12.1 Å². The van der Waals surface area contributed by atoms with Crippen molar-refractivity contribution in [2.75, 3.05) is 0 Å². The van der Waals surface area contributed by atoms with E-state index in [2.05, 4.69) is 53.7 Å². The summed E-state index contributed by atoms with van der Waals surface area (Å²) in [7, 11) is 1.50. The quantitative estimate of drug-likeness (QED) is 0.236. The number of hydrogen-bond acceptors (Lipinski definition) is 4. The van der Waals surface area contributed by atoms with Gasteiger partial charge in [-0.1, -0.05) is 75.5 Å². The van der Waals surface area contributed by atoms with Crippen LogP contribution in [0.1, 0.15) is 132 Å². The number of aliphatic hydroxyl groups is 1. The normalized spacial score (nSPS) is 17.6. The topological polar surface area (TPSA) is 47.9 Å². The van der Waals surface area contributed by atoms with Gasteiger partial charge in [-0.15, -0.1) is 0 Å². The van der Waals surface area contributed by atoms with Crippen molar-refractivity contribution in [1.82, 2.24) is 0 Å². The van der Waals surface area contributed by atoms with E-state index in [0.717, 1.165) is 36.6 Å². The van der Waals surface area contributed by atoms with E-state index in [1.54, 1.807) is 13.8 Å². The molecule has 2 rings (SSSR count). The van der Waals surface area contributed by atoms with Gasteiger partial charge >= 0.3 is 14.6 Å². The molecule has 1 aromatic carbocycles. The van der Waals surface area contributed by atoms with Gasteiger partial charge in [0.25, 0.3) is 0 Å². The Bertz CT molecular complexity index is 811. The summed E-state index contributed by atoms with van der Waals surface area (Å²) in [5.41, 5.74) is 2.39. The molecule has 203 valence electrons. The van der Waals surface area contributed by atoms with E-state index < -0.39 is 11.2 Å². The first-order valence-electron chi connectivity index (χ1n) is 14.4. The largest absolute Gasteiger partial charge is 0.495 e. The zero-order valence-corrected chi connectivity index (χ0v) is 25.1. The SMILES string of the molecule is CCCCCCc1cc(B2OC(C)(C)C(C)(C)O2)c(CCCCCC)cc1[B]OC(C)(C)C(C)(C)O. The highest BCUT2D eigenvalue weighted by molar-refractivity contribution is 6.63. The molecule has 0 aliphatic carbocycles. The fourth-order valence-electron chi connectivity index (χ4n) is 4.30. The van der Waals surface area contributed by atoms with E-state index in [4.69, 9.17) is 14.0 Å². The van der Waals surface area contributed by atoms with Gasteiger partial charge in [0.05, 0.1) is 22.4 Å². The maximum absolute atomic E-state index is 10.6. The van der Waals surface area contributed by atoms with Gasteiger partial charge in [0, 0.05) is 0 Å². The molecule has 0 aromatic heterocycles. The molecule has 0 saturated carbocycles. The zero-order valence-electron chi connectivity index (χ0n) is 25.1. The maximum Gasteiger partial charge on any atom is 0.495 e. The summed E-state index contributed by atoms with van der Waals surface area (Å²) >= 11 is 0. The fourth-order valence-corrected chi connectivity index (χ4v) is 4.30. The average molecular weight is 499 g/mol. The van der Waals surface area contributed by atoms with Gasteiger partial charge in [-0.05, 0) is 92.1 Å². The first-order chi connectivity index (χ1) is 16.6. The van der Waals surface area contributed by atoms with Crippen molar-refractivity contribution in [1.29, 1.82) is 0 Å². The van der Waals surface area contributed by atoms with E-state index >= 15 is 0 Å². The molecule has 1 aliphatic rings.